The number of aryl methyl sites for hydroxylation is 2. The Morgan fingerprint density at radius 2 is 2.41 bits per heavy atom. The van der Waals surface area contributed by atoms with Crippen LogP contribution in [0, 0.1) is 6.92 Å². The van der Waals surface area contributed by atoms with Gasteiger partial charge in [0, 0.05) is 30.3 Å². The van der Waals surface area contributed by atoms with E-state index in [-0.39, 0.29) is 0 Å². The van der Waals surface area contributed by atoms with E-state index in [1.165, 1.54) is 5.56 Å². The molecule has 0 saturated carbocycles. The Balaban J connectivity index is 1.71. The van der Waals surface area contributed by atoms with Crippen molar-refractivity contribution in [2.75, 3.05) is 0 Å². The van der Waals surface area contributed by atoms with Gasteiger partial charge in [0.15, 0.2) is 0 Å². The van der Waals surface area contributed by atoms with Crippen LogP contribution in [-0.2, 0) is 13.0 Å². The molecule has 0 amide bonds. The van der Waals surface area contributed by atoms with Crippen LogP contribution >= 0.6 is 0 Å². The van der Waals surface area contributed by atoms with Crippen molar-refractivity contribution in [1.29, 1.82) is 0 Å². The van der Waals surface area contributed by atoms with Gasteiger partial charge in [0.1, 0.15) is 5.76 Å². The maximum atomic E-state index is 5.31. The molecule has 1 atom stereocenters. The van der Waals surface area contributed by atoms with Gasteiger partial charge in [-0.1, -0.05) is 0 Å². The van der Waals surface area contributed by atoms with Gasteiger partial charge in [-0.15, -0.1) is 0 Å². The van der Waals surface area contributed by atoms with Crippen molar-refractivity contribution >= 4 is 0 Å². The third kappa shape index (κ3) is 3.46. The van der Waals surface area contributed by atoms with E-state index >= 15 is 0 Å². The second kappa shape index (κ2) is 5.68. The van der Waals surface area contributed by atoms with Crippen molar-refractivity contribution < 1.29 is 4.42 Å². The largest absolute Gasteiger partial charge is 0.469 e. The van der Waals surface area contributed by atoms with Crippen molar-refractivity contribution in [3.63, 3.8) is 0 Å². The molecule has 2 aromatic heterocycles. The van der Waals surface area contributed by atoms with Crippen molar-refractivity contribution in [2.45, 2.75) is 39.3 Å². The lowest BCUT2D eigenvalue weighted by molar-refractivity contribution is 0.459. The molecule has 0 aliphatic rings. The molecule has 0 aliphatic carbocycles. The first kappa shape index (κ1) is 11.9. The van der Waals surface area contributed by atoms with E-state index in [1.807, 2.05) is 25.3 Å². The Hall–Kier alpha value is -1.55. The van der Waals surface area contributed by atoms with Crippen LogP contribution in [0.4, 0.5) is 0 Å². The molecule has 17 heavy (non-hydrogen) atoms. The van der Waals surface area contributed by atoms with Gasteiger partial charge in [0.2, 0.25) is 0 Å². The molecule has 2 aromatic rings. The smallest absolute Gasteiger partial charge is 0.103 e. The minimum Gasteiger partial charge on any atom is -0.469 e. The second-order valence-corrected chi connectivity index (χ2v) is 4.42. The SMILES string of the molecule is Cc1[nH]ncc1CN[C@@H](C)CCc1ccco1. The first-order valence-corrected chi connectivity index (χ1v) is 6.00. The summed E-state index contributed by atoms with van der Waals surface area (Å²) in [6.45, 7) is 5.09. The van der Waals surface area contributed by atoms with E-state index in [4.69, 9.17) is 4.42 Å². The standard InChI is InChI=1S/C13H19N3O/c1-10(5-6-13-4-3-7-17-13)14-8-12-9-15-16-11(12)2/h3-4,7,9-10,14H,5-6,8H2,1-2H3,(H,15,16)/t10-/m0/s1. The van der Waals surface area contributed by atoms with E-state index in [0.29, 0.717) is 6.04 Å². The van der Waals surface area contributed by atoms with Gasteiger partial charge in [-0.2, -0.15) is 5.10 Å². The van der Waals surface area contributed by atoms with Crippen molar-refractivity contribution in [1.82, 2.24) is 15.5 Å². The zero-order valence-corrected chi connectivity index (χ0v) is 10.4. The number of rotatable bonds is 6. The van der Waals surface area contributed by atoms with Crippen LogP contribution in [0.25, 0.3) is 0 Å². The number of aromatic amines is 1. The van der Waals surface area contributed by atoms with Gasteiger partial charge in [-0.3, -0.25) is 5.10 Å². The van der Waals surface area contributed by atoms with Gasteiger partial charge in [0.25, 0.3) is 0 Å². The van der Waals surface area contributed by atoms with E-state index in [2.05, 4.69) is 22.4 Å². The predicted molar refractivity (Wildman–Crippen MR) is 66.7 cm³/mol. The monoisotopic (exact) mass is 233 g/mol. The Kier molecular flexibility index (Phi) is 3.98. The number of nitrogens with one attached hydrogen (secondary N) is 2. The quantitative estimate of drug-likeness (QED) is 0.805. The number of nitrogens with zero attached hydrogens (tertiary/aromatic N) is 1. The first-order chi connectivity index (χ1) is 8.25. The molecule has 0 aliphatic heterocycles. The highest BCUT2D eigenvalue weighted by atomic mass is 16.3. The Morgan fingerprint density at radius 3 is 3.06 bits per heavy atom. The normalized spacial score (nSPS) is 12.8. The molecule has 0 spiro atoms. The molecule has 0 aromatic carbocycles. The molecule has 2 N–H and O–H groups in total. The van der Waals surface area contributed by atoms with Gasteiger partial charge >= 0.3 is 0 Å². The lowest BCUT2D eigenvalue weighted by Crippen LogP contribution is -2.26. The molecule has 4 nitrogen and oxygen atoms in total. The lowest BCUT2D eigenvalue weighted by Gasteiger charge is -2.12. The first-order valence-electron chi connectivity index (χ1n) is 6.00. The summed E-state index contributed by atoms with van der Waals surface area (Å²) in [6.07, 6.45) is 5.65. The van der Waals surface area contributed by atoms with E-state index in [1.54, 1.807) is 6.26 Å². The topological polar surface area (TPSA) is 53.9 Å². The number of hydrogen-bond acceptors (Lipinski definition) is 3. The fourth-order valence-corrected chi connectivity index (χ4v) is 1.75. The third-order valence-corrected chi connectivity index (χ3v) is 2.98. The molecule has 92 valence electrons. The molecule has 2 heterocycles. The van der Waals surface area contributed by atoms with Gasteiger partial charge < -0.3 is 9.73 Å². The summed E-state index contributed by atoms with van der Waals surface area (Å²) in [5.74, 6) is 1.05. The maximum Gasteiger partial charge on any atom is 0.103 e. The number of furan rings is 1. The van der Waals surface area contributed by atoms with Crippen LogP contribution in [0.15, 0.2) is 29.0 Å². The molecule has 2 rings (SSSR count). The summed E-state index contributed by atoms with van der Waals surface area (Å²) in [5.41, 5.74) is 2.37. The zero-order valence-electron chi connectivity index (χ0n) is 10.4. The maximum absolute atomic E-state index is 5.31. The summed E-state index contributed by atoms with van der Waals surface area (Å²) in [5, 5.41) is 10.4. The predicted octanol–water partition coefficient (Wildman–Crippen LogP) is 2.42. The molecule has 0 unspecified atom stereocenters. The van der Waals surface area contributed by atoms with Crippen LogP contribution < -0.4 is 5.32 Å². The number of H-pyrrole nitrogens is 1. The molecular weight excluding hydrogens is 214 g/mol. The highest BCUT2D eigenvalue weighted by Crippen LogP contribution is 2.07. The van der Waals surface area contributed by atoms with E-state index < -0.39 is 0 Å². The summed E-state index contributed by atoms with van der Waals surface area (Å²) in [7, 11) is 0. The summed E-state index contributed by atoms with van der Waals surface area (Å²) >= 11 is 0. The van der Waals surface area contributed by atoms with Crippen molar-refractivity contribution in [2.24, 2.45) is 0 Å². The average molecular weight is 233 g/mol. The van der Waals surface area contributed by atoms with E-state index in [0.717, 1.165) is 30.8 Å². The molecule has 0 bridgehead atoms. The fraction of sp³-hybridized carbons (Fsp3) is 0.462. The molecule has 0 radical (unpaired) electrons. The fourth-order valence-electron chi connectivity index (χ4n) is 1.75. The summed E-state index contributed by atoms with van der Waals surface area (Å²) < 4.78 is 5.31. The van der Waals surface area contributed by atoms with Crippen LogP contribution in [0.2, 0.25) is 0 Å². The van der Waals surface area contributed by atoms with Crippen LogP contribution in [0.1, 0.15) is 30.4 Å². The van der Waals surface area contributed by atoms with Crippen LogP contribution in [0.3, 0.4) is 0 Å². The van der Waals surface area contributed by atoms with Crippen molar-refractivity contribution in [3.8, 4) is 0 Å². The summed E-state index contributed by atoms with van der Waals surface area (Å²) in [6, 6.07) is 4.42. The number of aromatic nitrogens is 2. The molecular formula is C13H19N3O. The Bertz CT molecular complexity index is 433. The molecule has 0 saturated heterocycles. The minimum absolute atomic E-state index is 0.467. The van der Waals surface area contributed by atoms with Gasteiger partial charge in [-0.05, 0) is 32.4 Å². The molecule has 0 fully saturated rings. The van der Waals surface area contributed by atoms with Gasteiger partial charge in [0.05, 0.1) is 12.5 Å². The van der Waals surface area contributed by atoms with E-state index in [9.17, 15) is 0 Å². The second-order valence-electron chi connectivity index (χ2n) is 4.42. The average Bonchev–Trinajstić information content (AvgIpc) is 2.95. The van der Waals surface area contributed by atoms with Crippen LogP contribution in [-0.4, -0.2) is 16.2 Å². The summed E-state index contributed by atoms with van der Waals surface area (Å²) in [4.78, 5) is 0. The minimum atomic E-state index is 0.467. The van der Waals surface area contributed by atoms with Gasteiger partial charge in [-0.25, -0.2) is 0 Å². The zero-order chi connectivity index (χ0) is 12.1. The number of hydrogen-bond donors (Lipinski definition) is 2. The molecule has 4 heteroatoms. The Morgan fingerprint density at radius 1 is 1.53 bits per heavy atom. The highest BCUT2D eigenvalue weighted by molar-refractivity contribution is 5.13. The Labute approximate surface area is 101 Å². The lowest BCUT2D eigenvalue weighted by atomic mass is 10.1. The highest BCUT2D eigenvalue weighted by Gasteiger charge is 2.05. The van der Waals surface area contributed by atoms with Crippen molar-refractivity contribution in [3.05, 3.63) is 41.6 Å². The van der Waals surface area contributed by atoms with Crippen LogP contribution in [0.5, 0.6) is 0 Å². The third-order valence-electron chi connectivity index (χ3n) is 2.98.